The summed E-state index contributed by atoms with van der Waals surface area (Å²) >= 11 is 1.54. The highest BCUT2D eigenvalue weighted by atomic mass is 32.2. The van der Waals surface area contributed by atoms with Crippen LogP contribution in [0.4, 0.5) is 0 Å². The van der Waals surface area contributed by atoms with Crippen molar-refractivity contribution in [2.75, 3.05) is 26.5 Å². The number of rotatable bonds is 14. The van der Waals surface area contributed by atoms with Crippen molar-refractivity contribution in [1.82, 2.24) is 10.2 Å². The van der Waals surface area contributed by atoms with Crippen LogP contribution in [0.2, 0.25) is 0 Å². The fourth-order valence-corrected chi connectivity index (χ4v) is 4.88. The Bertz CT molecular complexity index is 1150. The van der Waals surface area contributed by atoms with Crippen LogP contribution in [0.5, 0.6) is 11.5 Å². The van der Waals surface area contributed by atoms with E-state index in [1.165, 1.54) is 11.8 Å². The molecule has 0 aliphatic heterocycles. The predicted molar refractivity (Wildman–Crippen MR) is 154 cm³/mol. The first kappa shape index (κ1) is 29.1. The summed E-state index contributed by atoms with van der Waals surface area (Å²) < 4.78 is 10.6. The molecule has 0 aliphatic rings. The number of carbonyl (C=O) groups is 2. The second-order valence-electron chi connectivity index (χ2n) is 9.56. The lowest BCUT2D eigenvalue weighted by Gasteiger charge is -2.32. The molecule has 0 fully saturated rings. The molecule has 0 aliphatic carbocycles. The van der Waals surface area contributed by atoms with Gasteiger partial charge in [-0.2, -0.15) is 0 Å². The fourth-order valence-electron chi connectivity index (χ4n) is 4.00. The fraction of sp³-hybridized carbons (Fsp3) is 0.355. The average Bonchev–Trinajstić information content (AvgIpc) is 2.94. The van der Waals surface area contributed by atoms with Crippen molar-refractivity contribution in [3.8, 4) is 11.5 Å². The number of thioether (sulfide) groups is 1. The van der Waals surface area contributed by atoms with Crippen LogP contribution >= 0.6 is 11.8 Å². The van der Waals surface area contributed by atoms with Crippen LogP contribution < -0.4 is 14.8 Å². The number of ether oxygens (including phenoxy) is 2. The van der Waals surface area contributed by atoms with Crippen LogP contribution in [0.25, 0.3) is 0 Å². The van der Waals surface area contributed by atoms with E-state index < -0.39 is 6.04 Å². The summed E-state index contributed by atoms with van der Waals surface area (Å²) in [6.45, 7) is 4.98. The van der Waals surface area contributed by atoms with Gasteiger partial charge in [-0.1, -0.05) is 68.4 Å². The molecule has 3 rings (SSSR count). The maximum Gasteiger partial charge on any atom is 0.243 e. The van der Waals surface area contributed by atoms with E-state index in [-0.39, 0.29) is 17.6 Å². The summed E-state index contributed by atoms with van der Waals surface area (Å²) in [6.07, 6.45) is 0.434. The molecule has 6 nitrogen and oxygen atoms in total. The summed E-state index contributed by atoms with van der Waals surface area (Å²) in [7, 11) is 3.26. The van der Waals surface area contributed by atoms with Crippen LogP contribution in [0.15, 0.2) is 78.9 Å². The third kappa shape index (κ3) is 9.14. The maximum atomic E-state index is 13.7. The molecule has 3 aromatic carbocycles. The molecule has 0 radical (unpaired) electrons. The first-order chi connectivity index (χ1) is 18.4. The molecule has 1 N–H and O–H groups in total. The Balaban J connectivity index is 1.84. The van der Waals surface area contributed by atoms with Gasteiger partial charge in [0.2, 0.25) is 11.8 Å². The lowest BCUT2D eigenvalue weighted by Crippen LogP contribution is -2.51. The summed E-state index contributed by atoms with van der Waals surface area (Å²) in [5, 5.41) is 3.06. The number of nitrogens with zero attached hydrogens (tertiary/aromatic N) is 1. The van der Waals surface area contributed by atoms with E-state index >= 15 is 0 Å². The normalized spacial score (nSPS) is 11.6. The van der Waals surface area contributed by atoms with Gasteiger partial charge in [-0.05, 0) is 46.9 Å². The van der Waals surface area contributed by atoms with Crippen molar-refractivity contribution in [3.63, 3.8) is 0 Å². The lowest BCUT2D eigenvalue weighted by molar-refractivity contribution is -0.139. The van der Waals surface area contributed by atoms with Crippen molar-refractivity contribution >= 4 is 23.6 Å². The quantitative estimate of drug-likeness (QED) is 0.302. The summed E-state index contributed by atoms with van der Waals surface area (Å²) in [5.74, 6) is 2.55. The number of benzene rings is 3. The maximum absolute atomic E-state index is 13.7. The molecule has 0 bridgehead atoms. The van der Waals surface area contributed by atoms with Crippen molar-refractivity contribution in [3.05, 3.63) is 95.6 Å². The summed E-state index contributed by atoms with van der Waals surface area (Å²) in [4.78, 5) is 29.0. The highest BCUT2D eigenvalue weighted by Gasteiger charge is 2.30. The topological polar surface area (TPSA) is 67.9 Å². The van der Waals surface area contributed by atoms with Crippen molar-refractivity contribution in [2.24, 2.45) is 5.92 Å². The van der Waals surface area contributed by atoms with Gasteiger partial charge < -0.3 is 19.7 Å². The third-order valence-corrected chi connectivity index (χ3v) is 7.08. The third-order valence-electron chi connectivity index (χ3n) is 6.10. The number of hydrogen-bond donors (Lipinski definition) is 1. The minimum Gasteiger partial charge on any atom is -0.497 e. The number of methoxy groups -OCH3 is 2. The van der Waals surface area contributed by atoms with Crippen LogP contribution in [0.1, 0.15) is 30.5 Å². The van der Waals surface area contributed by atoms with Gasteiger partial charge >= 0.3 is 0 Å². The van der Waals surface area contributed by atoms with Crippen LogP contribution in [-0.2, 0) is 28.3 Å². The van der Waals surface area contributed by atoms with Gasteiger partial charge in [0.1, 0.15) is 17.5 Å². The van der Waals surface area contributed by atoms with Gasteiger partial charge in [-0.3, -0.25) is 9.59 Å². The van der Waals surface area contributed by atoms with Gasteiger partial charge in [0.05, 0.1) is 20.0 Å². The molecule has 7 heteroatoms. The molecule has 202 valence electrons. The van der Waals surface area contributed by atoms with E-state index in [2.05, 4.69) is 19.2 Å². The Labute approximate surface area is 230 Å². The van der Waals surface area contributed by atoms with Crippen molar-refractivity contribution < 1.29 is 19.1 Å². The molecule has 0 spiro atoms. The van der Waals surface area contributed by atoms with Gasteiger partial charge in [0.15, 0.2) is 0 Å². The lowest BCUT2D eigenvalue weighted by atomic mass is 10.0. The zero-order chi connectivity index (χ0) is 27.3. The monoisotopic (exact) mass is 534 g/mol. The van der Waals surface area contributed by atoms with E-state index in [0.29, 0.717) is 36.9 Å². The van der Waals surface area contributed by atoms with E-state index in [1.54, 1.807) is 19.1 Å². The Morgan fingerprint density at radius 1 is 0.842 bits per heavy atom. The number of hydrogen-bond acceptors (Lipinski definition) is 5. The van der Waals surface area contributed by atoms with Gasteiger partial charge in [0, 0.05) is 25.3 Å². The van der Waals surface area contributed by atoms with Crippen LogP contribution in [0, 0.1) is 5.92 Å². The molecular formula is C31H38N2O4S. The van der Waals surface area contributed by atoms with E-state index in [4.69, 9.17) is 9.47 Å². The Morgan fingerprint density at radius 2 is 1.53 bits per heavy atom. The highest BCUT2D eigenvalue weighted by Crippen LogP contribution is 2.21. The molecule has 0 saturated carbocycles. The zero-order valence-corrected chi connectivity index (χ0v) is 23.5. The van der Waals surface area contributed by atoms with E-state index in [0.717, 1.165) is 22.4 Å². The van der Waals surface area contributed by atoms with Crippen molar-refractivity contribution in [1.29, 1.82) is 0 Å². The first-order valence-electron chi connectivity index (χ1n) is 12.8. The molecule has 0 unspecified atom stereocenters. The molecule has 2 amide bonds. The Morgan fingerprint density at radius 3 is 2.18 bits per heavy atom. The molecule has 0 aromatic heterocycles. The standard InChI is InChI=1S/C31H38N2O4S/c1-23(2)19-32-31(35)29(18-24-9-6-5-7-10-24)33(20-26-11-8-12-28(17-26)37-4)30(34)22-38-21-25-13-15-27(36-3)16-14-25/h5-17,23,29H,18-22H2,1-4H3,(H,32,35)/t29-/m1/s1. The zero-order valence-electron chi connectivity index (χ0n) is 22.7. The SMILES string of the molecule is COc1ccc(CSCC(=O)N(Cc2cccc(OC)c2)[C@H](Cc2ccccc2)C(=O)NCC(C)C)cc1. The average molecular weight is 535 g/mol. The molecule has 0 saturated heterocycles. The second-order valence-corrected chi connectivity index (χ2v) is 10.5. The first-order valence-corrected chi connectivity index (χ1v) is 14.0. The molecule has 3 aromatic rings. The molecule has 38 heavy (non-hydrogen) atoms. The molecule has 1 atom stereocenters. The minimum absolute atomic E-state index is 0.0769. The van der Waals surface area contributed by atoms with Gasteiger partial charge in [-0.25, -0.2) is 0 Å². The van der Waals surface area contributed by atoms with E-state index in [9.17, 15) is 9.59 Å². The Kier molecular flexibility index (Phi) is 11.6. The smallest absolute Gasteiger partial charge is 0.243 e. The number of amides is 2. The van der Waals surface area contributed by atoms with Gasteiger partial charge in [0.25, 0.3) is 0 Å². The summed E-state index contributed by atoms with van der Waals surface area (Å²) in [5.41, 5.74) is 3.03. The number of carbonyl (C=O) groups excluding carboxylic acids is 2. The second kappa shape index (κ2) is 15.1. The predicted octanol–water partition coefficient (Wildman–Crippen LogP) is 5.35. The Hall–Kier alpha value is -3.45. The van der Waals surface area contributed by atoms with Gasteiger partial charge in [-0.15, -0.1) is 11.8 Å². The van der Waals surface area contributed by atoms with Crippen LogP contribution in [0.3, 0.4) is 0 Å². The van der Waals surface area contributed by atoms with E-state index in [1.807, 2.05) is 78.9 Å². The number of nitrogens with one attached hydrogen (secondary N) is 1. The minimum atomic E-state index is -0.642. The molecule has 0 heterocycles. The van der Waals surface area contributed by atoms with Crippen LogP contribution in [-0.4, -0.2) is 49.3 Å². The summed E-state index contributed by atoms with van der Waals surface area (Å²) in [6, 6.07) is 24.7. The highest BCUT2D eigenvalue weighted by molar-refractivity contribution is 7.99. The van der Waals surface area contributed by atoms with Crippen molar-refractivity contribution in [2.45, 2.75) is 38.6 Å². The largest absolute Gasteiger partial charge is 0.497 e. The molecular weight excluding hydrogens is 496 g/mol.